The van der Waals surface area contributed by atoms with Gasteiger partial charge in [-0.1, -0.05) is 19.9 Å². The molecule has 0 saturated carbocycles. The number of carbonyl (C=O) groups excluding carboxylic acids is 2. The Morgan fingerprint density at radius 3 is 2.63 bits per heavy atom. The number of amides is 3. The van der Waals surface area contributed by atoms with Gasteiger partial charge in [-0.05, 0) is 50.9 Å². The summed E-state index contributed by atoms with van der Waals surface area (Å²) in [5.41, 5.74) is 0.857. The van der Waals surface area contributed by atoms with Gasteiger partial charge in [0.2, 0.25) is 5.91 Å². The van der Waals surface area contributed by atoms with Gasteiger partial charge in [0.25, 0.3) is 0 Å². The molecule has 146 valence electrons. The quantitative estimate of drug-likeness (QED) is 0.835. The predicted octanol–water partition coefficient (Wildman–Crippen LogP) is 1.78. The fourth-order valence-electron chi connectivity index (χ4n) is 3.41. The summed E-state index contributed by atoms with van der Waals surface area (Å²) in [5.74, 6) is 1.39. The van der Waals surface area contributed by atoms with E-state index in [0.29, 0.717) is 18.4 Å². The van der Waals surface area contributed by atoms with Crippen LogP contribution in [0.2, 0.25) is 0 Å². The standard InChI is InChI=1S/C19H28N6O2/c1-13(2)12-20-19(27)21-18(26)14(3)24-10-7-15(8-11-24)17-23-22-16-6-4-5-9-25(16)17/h4-6,9,13-15H,7-8,10-12H2,1-3H3,(H2,20,21,26,27). The number of hydrogen-bond acceptors (Lipinski definition) is 5. The maximum Gasteiger partial charge on any atom is 0.321 e. The van der Waals surface area contributed by atoms with Gasteiger partial charge in [0, 0.05) is 18.7 Å². The summed E-state index contributed by atoms with van der Waals surface area (Å²) in [5, 5.41) is 13.7. The molecule has 1 aliphatic rings. The lowest BCUT2D eigenvalue weighted by Gasteiger charge is -2.34. The van der Waals surface area contributed by atoms with Crippen LogP contribution < -0.4 is 10.6 Å². The molecule has 0 spiro atoms. The number of pyridine rings is 1. The van der Waals surface area contributed by atoms with Crippen molar-refractivity contribution in [1.82, 2.24) is 30.1 Å². The van der Waals surface area contributed by atoms with Gasteiger partial charge in [-0.15, -0.1) is 10.2 Å². The third kappa shape index (κ3) is 4.63. The lowest BCUT2D eigenvalue weighted by molar-refractivity contribution is -0.125. The largest absolute Gasteiger partial charge is 0.338 e. The number of fused-ring (bicyclic) bond motifs is 1. The Bertz CT molecular complexity index is 794. The SMILES string of the molecule is CC(C)CNC(=O)NC(=O)C(C)N1CCC(c2nnc3ccccn23)CC1. The second kappa shape index (κ2) is 8.47. The van der Waals surface area contributed by atoms with Crippen molar-refractivity contribution in [2.45, 2.75) is 45.6 Å². The van der Waals surface area contributed by atoms with Crippen molar-refractivity contribution < 1.29 is 9.59 Å². The molecule has 2 aromatic heterocycles. The number of rotatable bonds is 5. The third-order valence-corrected chi connectivity index (χ3v) is 5.07. The number of likely N-dealkylation sites (tertiary alicyclic amines) is 1. The second-order valence-electron chi connectivity index (χ2n) is 7.57. The molecule has 0 radical (unpaired) electrons. The fraction of sp³-hybridized carbons (Fsp3) is 0.579. The van der Waals surface area contributed by atoms with Gasteiger partial charge in [0.1, 0.15) is 5.82 Å². The van der Waals surface area contributed by atoms with E-state index in [1.54, 1.807) is 0 Å². The first-order chi connectivity index (χ1) is 13.0. The molecule has 1 atom stereocenters. The molecule has 1 fully saturated rings. The monoisotopic (exact) mass is 372 g/mol. The third-order valence-electron chi connectivity index (χ3n) is 5.07. The van der Waals surface area contributed by atoms with Crippen LogP contribution in [0.4, 0.5) is 4.79 Å². The summed E-state index contributed by atoms with van der Waals surface area (Å²) < 4.78 is 2.04. The number of nitrogens with zero attached hydrogens (tertiary/aromatic N) is 4. The molecule has 2 aromatic rings. The highest BCUT2D eigenvalue weighted by molar-refractivity contribution is 5.96. The maximum atomic E-state index is 12.3. The number of carbonyl (C=O) groups is 2. The summed E-state index contributed by atoms with van der Waals surface area (Å²) >= 11 is 0. The second-order valence-corrected chi connectivity index (χ2v) is 7.57. The number of aromatic nitrogens is 3. The van der Waals surface area contributed by atoms with E-state index in [0.717, 1.165) is 37.4 Å². The van der Waals surface area contributed by atoms with Crippen LogP contribution in [0.5, 0.6) is 0 Å². The van der Waals surface area contributed by atoms with E-state index in [4.69, 9.17) is 0 Å². The van der Waals surface area contributed by atoms with E-state index < -0.39 is 6.03 Å². The van der Waals surface area contributed by atoms with Crippen molar-refractivity contribution in [2.24, 2.45) is 5.92 Å². The molecule has 0 aliphatic carbocycles. The highest BCUT2D eigenvalue weighted by Gasteiger charge is 2.29. The molecule has 0 aromatic carbocycles. The molecule has 0 bridgehead atoms. The molecule has 8 heteroatoms. The van der Waals surface area contributed by atoms with E-state index in [-0.39, 0.29) is 11.9 Å². The van der Waals surface area contributed by atoms with E-state index in [1.165, 1.54) is 0 Å². The molecule has 1 unspecified atom stereocenters. The molecule has 3 rings (SSSR count). The molecule has 3 amide bonds. The van der Waals surface area contributed by atoms with Crippen molar-refractivity contribution >= 4 is 17.6 Å². The molecular weight excluding hydrogens is 344 g/mol. The minimum atomic E-state index is -0.426. The average Bonchev–Trinajstić information content (AvgIpc) is 3.10. The first-order valence-corrected chi connectivity index (χ1v) is 9.58. The van der Waals surface area contributed by atoms with Gasteiger partial charge in [0.15, 0.2) is 5.65 Å². The van der Waals surface area contributed by atoms with Crippen LogP contribution in [0.15, 0.2) is 24.4 Å². The van der Waals surface area contributed by atoms with Crippen molar-refractivity contribution in [1.29, 1.82) is 0 Å². The highest BCUT2D eigenvalue weighted by Crippen LogP contribution is 2.27. The Balaban J connectivity index is 1.52. The first kappa shape index (κ1) is 19.3. The Morgan fingerprint density at radius 1 is 1.19 bits per heavy atom. The highest BCUT2D eigenvalue weighted by atomic mass is 16.2. The van der Waals surface area contributed by atoms with Crippen molar-refractivity contribution in [3.63, 3.8) is 0 Å². The zero-order valence-electron chi connectivity index (χ0n) is 16.2. The van der Waals surface area contributed by atoms with Crippen LogP contribution in [0, 0.1) is 5.92 Å². The van der Waals surface area contributed by atoms with Crippen molar-refractivity contribution in [3.05, 3.63) is 30.2 Å². The molecule has 1 saturated heterocycles. The van der Waals surface area contributed by atoms with Gasteiger partial charge in [-0.25, -0.2) is 4.79 Å². The Hall–Kier alpha value is -2.48. The van der Waals surface area contributed by atoms with Crippen LogP contribution in [-0.2, 0) is 4.79 Å². The zero-order valence-corrected chi connectivity index (χ0v) is 16.2. The summed E-state index contributed by atoms with van der Waals surface area (Å²) in [6.45, 7) is 7.98. The molecular formula is C19H28N6O2. The minimum absolute atomic E-state index is 0.261. The smallest absolute Gasteiger partial charge is 0.321 e. The molecule has 8 nitrogen and oxygen atoms in total. The summed E-state index contributed by atoms with van der Waals surface area (Å²) in [6, 6.07) is 5.11. The van der Waals surface area contributed by atoms with Gasteiger partial charge in [-0.3, -0.25) is 19.4 Å². The Labute approximate surface area is 159 Å². The van der Waals surface area contributed by atoms with E-state index in [9.17, 15) is 9.59 Å². The topological polar surface area (TPSA) is 91.6 Å². The molecule has 2 N–H and O–H groups in total. The zero-order chi connectivity index (χ0) is 19.4. The summed E-state index contributed by atoms with van der Waals surface area (Å²) in [6.07, 6.45) is 3.81. The first-order valence-electron chi connectivity index (χ1n) is 9.58. The van der Waals surface area contributed by atoms with Gasteiger partial charge >= 0.3 is 6.03 Å². The van der Waals surface area contributed by atoms with E-state index in [2.05, 4.69) is 25.7 Å². The van der Waals surface area contributed by atoms with Crippen LogP contribution in [0.1, 0.15) is 45.4 Å². The fourth-order valence-corrected chi connectivity index (χ4v) is 3.41. The average molecular weight is 372 g/mol. The van der Waals surface area contributed by atoms with Gasteiger partial charge < -0.3 is 5.32 Å². The van der Waals surface area contributed by atoms with Crippen molar-refractivity contribution in [2.75, 3.05) is 19.6 Å². The summed E-state index contributed by atoms with van der Waals surface area (Å²) in [4.78, 5) is 26.3. The predicted molar refractivity (Wildman–Crippen MR) is 102 cm³/mol. The number of piperidine rings is 1. The van der Waals surface area contributed by atoms with Gasteiger partial charge in [0.05, 0.1) is 6.04 Å². The Morgan fingerprint density at radius 2 is 1.93 bits per heavy atom. The van der Waals surface area contributed by atoms with E-state index >= 15 is 0 Å². The van der Waals surface area contributed by atoms with E-state index in [1.807, 2.05) is 49.6 Å². The number of imide groups is 1. The van der Waals surface area contributed by atoms with Crippen LogP contribution in [0.3, 0.4) is 0 Å². The Kier molecular flexibility index (Phi) is 6.05. The maximum absolute atomic E-state index is 12.3. The number of urea groups is 1. The van der Waals surface area contributed by atoms with Gasteiger partial charge in [-0.2, -0.15) is 0 Å². The minimum Gasteiger partial charge on any atom is -0.338 e. The lowest BCUT2D eigenvalue weighted by atomic mass is 9.95. The lowest BCUT2D eigenvalue weighted by Crippen LogP contribution is -2.51. The van der Waals surface area contributed by atoms with Crippen LogP contribution in [0.25, 0.3) is 5.65 Å². The molecule has 3 heterocycles. The van der Waals surface area contributed by atoms with Crippen LogP contribution in [-0.4, -0.2) is 57.1 Å². The number of hydrogen-bond donors (Lipinski definition) is 2. The van der Waals surface area contributed by atoms with Crippen LogP contribution >= 0.6 is 0 Å². The normalized spacial score (nSPS) is 17.2. The van der Waals surface area contributed by atoms with Crippen molar-refractivity contribution in [3.8, 4) is 0 Å². The summed E-state index contributed by atoms with van der Waals surface area (Å²) in [7, 11) is 0. The molecule has 1 aliphatic heterocycles. The number of nitrogens with one attached hydrogen (secondary N) is 2. The molecule has 27 heavy (non-hydrogen) atoms.